The van der Waals surface area contributed by atoms with E-state index < -0.39 is 21.4 Å². The van der Waals surface area contributed by atoms with Gasteiger partial charge < -0.3 is 10.2 Å². The molecule has 116 valence electrons. The highest BCUT2D eigenvalue weighted by Gasteiger charge is 2.44. The van der Waals surface area contributed by atoms with Crippen molar-refractivity contribution in [2.45, 2.75) is 52.1 Å². The van der Waals surface area contributed by atoms with Crippen molar-refractivity contribution in [1.82, 2.24) is 10.2 Å². The lowest BCUT2D eigenvalue weighted by atomic mass is 9.95. The van der Waals surface area contributed by atoms with Crippen LogP contribution in [0.15, 0.2) is 0 Å². The van der Waals surface area contributed by atoms with Gasteiger partial charge in [-0.25, -0.2) is 8.42 Å². The first-order chi connectivity index (χ1) is 9.14. The number of nitrogens with one attached hydrogen (secondary N) is 1. The Bertz CT molecular complexity index is 485. The summed E-state index contributed by atoms with van der Waals surface area (Å²) in [4.78, 5) is 25.9. The maximum atomic E-state index is 12.4. The molecule has 0 aromatic heterocycles. The number of rotatable bonds is 6. The van der Waals surface area contributed by atoms with Gasteiger partial charge in [0.2, 0.25) is 11.8 Å². The quantitative estimate of drug-likeness (QED) is 0.766. The van der Waals surface area contributed by atoms with Crippen LogP contribution in [0, 0.1) is 0 Å². The van der Waals surface area contributed by atoms with E-state index in [2.05, 4.69) is 5.32 Å². The van der Waals surface area contributed by atoms with E-state index in [0.717, 1.165) is 6.42 Å². The number of amides is 2. The summed E-state index contributed by atoms with van der Waals surface area (Å²) in [5.41, 5.74) is -0.975. The summed E-state index contributed by atoms with van der Waals surface area (Å²) in [7, 11) is -3.16. The summed E-state index contributed by atoms with van der Waals surface area (Å²) in [6.45, 7) is 6.86. The monoisotopic (exact) mass is 304 g/mol. The lowest BCUT2D eigenvalue weighted by Crippen LogP contribution is -2.68. The highest BCUT2D eigenvalue weighted by molar-refractivity contribution is 7.91. The molecule has 20 heavy (non-hydrogen) atoms. The fourth-order valence-corrected chi connectivity index (χ4v) is 3.05. The molecule has 0 bridgehead atoms. The second-order valence-electron chi connectivity index (χ2n) is 5.65. The maximum absolute atomic E-state index is 12.4. The zero-order valence-corrected chi connectivity index (χ0v) is 13.4. The van der Waals surface area contributed by atoms with Gasteiger partial charge in [-0.3, -0.25) is 9.59 Å². The zero-order chi connectivity index (χ0) is 15.6. The molecule has 1 rings (SSSR count). The third-order valence-electron chi connectivity index (χ3n) is 3.56. The van der Waals surface area contributed by atoms with Crippen molar-refractivity contribution < 1.29 is 18.0 Å². The number of sulfone groups is 1. The molecular weight excluding hydrogens is 280 g/mol. The van der Waals surface area contributed by atoms with Crippen molar-refractivity contribution in [2.75, 3.05) is 18.1 Å². The largest absolute Gasteiger partial charge is 0.340 e. The number of nitrogens with zero attached hydrogens (tertiary/aromatic N) is 1. The van der Waals surface area contributed by atoms with Crippen molar-refractivity contribution >= 4 is 21.7 Å². The minimum absolute atomic E-state index is 0.0447. The Balaban J connectivity index is 2.95. The molecule has 0 aromatic rings. The van der Waals surface area contributed by atoms with Gasteiger partial charge in [0.05, 0.1) is 5.75 Å². The molecular formula is C13H24N2O4S. The van der Waals surface area contributed by atoms with Gasteiger partial charge in [-0.2, -0.15) is 0 Å². The van der Waals surface area contributed by atoms with Crippen molar-refractivity contribution in [3.05, 3.63) is 0 Å². The van der Waals surface area contributed by atoms with Crippen LogP contribution in [0.1, 0.15) is 40.5 Å². The van der Waals surface area contributed by atoms with E-state index in [1.165, 1.54) is 4.90 Å². The number of piperazine rings is 1. The standard InChI is InChI=1S/C13H24N2O4S/c1-5-7-10-11(16)14-13(3,4)12(17)15(10)8-9-20(18,19)6-2/h10H,5-9H2,1-4H3,(H,14,16). The highest BCUT2D eigenvalue weighted by atomic mass is 32.2. The number of carbonyl (C=O) groups is 2. The lowest BCUT2D eigenvalue weighted by molar-refractivity contribution is -0.153. The van der Waals surface area contributed by atoms with E-state index in [9.17, 15) is 18.0 Å². The average Bonchev–Trinajstić information content (AvgIpc) is 2.35. The van der Waals surface area contributed by atoms with E-state index in [-0.39, 0.29) is 29.9 Å². The minimum Gasteiger partial charge on any atom is -0.340 e. The van der Waals surface area contributed by atoms with Crippen molar-refractivity contribution in [2.24, 2.45) is 0 Å². The molecule has 6 nitrogen and oxygen atoms in total. The van der Waals surface area contributed by atoms with Gasteiger partial charge in [0.1, 0.15) is 11.6 Å². The number of carbonyl (C=O) groups excluding carboxylic acids is 2. The second kappa shape index (κ2) is 6.11. The molecule has 0 spiro atoms. The Morgan fingerprint density at radius 3 is 2.35 bits per heavy atom. The molecule has 1 unspecified atom stereocenters. The number of hydrogen-bond acceptors (Lipinski definition) is 4. The topological polar surface area (TPSA) is 83.6 Å². The molecule has 1 fully saturated rings. The van der Waals surface area contributed by atoms with Crippen molar-refractivity contribution in [1.29, 1.82) is 0 Å². The summed E-state index contributed by atoms with van der Waals surface area (Å²) in [6.07, 6.45) is 1.29. The Morgan fingerprint density at radius 2 is 1.85 bits per heavy atom. The van der Waals surface area contributed by atoms with Crippen LogP contribution in [0.25, 0.3) is 0 Å². The van der Waals surface area contributed by atoms with Gasteiger partial charge >= 0.3 is 0 Å². The molecule has 1 saturated heterocycles. The van der Waals surface area contributed by atoms with Crippen LogP contribution in [-0.4, -0.2) is 54.8 Å². The van der Waals surface area contributed by atoms with Gasteiger partial charge in [-0.15, -0.1) is 0 Å². The van der Waals surface area contributed by atoms with Crippen LogP contribution < -0.4 is 5.32 Å². The first kappa shape index (κ1) is 16.9. The zero-order valence-electron chi connectivity index (χ0n) is 12.6. The lowest BCUT2D eigenvalue weighted by Gasteiger charge is -2.42. The molecule has 1 N–H and O–H groups in total. The minimum atomic E-state index is -3.16. The molecule has 1 aliphatic rings. The SMILES string of the molecule is CCCC1C(=O)NC(C)(C)C(=O)N1CCS(=O)(=O)CC. The Kier molecular flexibility index (Phi) is 5.18. The van der Waals surface area contributed by atoms with E-state index >= 15 is 0 Å². The Hall–Kier alpha value is -1.11. The molecule has 0 saturated carbocycles. The normalized spacial score (nSPS) is 22.8. The predicted octanol–water partition coefficient (Wildman–Crippen LogP) is 0.327. The van der Waals surface area contributed by atoms with Gasteiger partial charge in [0.15, 0.2) is 9.84 Å². The highest BCUT2D eigenvalue weighted by Crippen LogP contribution is 2.20. The van der Waals surface area contributed by atoms with Gasteiger partial charge in [0.25, 0.3) is 0 Å². The first-order valence-electron chi connectivity index (χ1n) is 6.98. The van der Waals surface area contributed by atoms with E-state index in [0.29, 0.717) is 6.42 Å². The average molecular weight is 304 g/mol. The molecule has 7 heteroatoms. The van der Waals surface area contributed by atoms with E-state index in [1.807, 2.05) is 6.92 Å². The van der Waals surface area contributed by atoms with E-state index in [4.69, 9.17) is 0 Å². The predicted molar refractivity (Wildman–Crippen MR) is 77.0 cm³/mol. The molecule has 1 atom stereocenters. The number of hydrogen-bond donors (Lipinski definition) is 1. The van der Waals surface area contributed by atoms with Crippen LogP contribution in [-0.2, 0) is 19.4 Å². The van der Waals surface area contributed by atoms with Crippen LogP contribution >= 0.6 is 0 Å². The van der Waals surface area contributed by atoms with Gasteiger partial charge in [-0.05, 0) is 20.3 Å². The first-order valence-corrected chi connectivity index (χ1v) is 8.80. The summed E-state index contributed by atoms with van der Waals surface area (Å²) < 4.78 is 23.2. The maximum Gasteiger partial charge on any atom is 0.248 e. The van der Waals surface area contributed by atoms with Crippen molar-refractivity contribution in [3.8, 4) is 0 Å². The molecule has 1 heterocycles. The molecule has 0 aromatic carbocycles. The van der Waals surface area contributed by atoms with Crippen molar-refractivity contribution in [3.63, 3.8) is 0 Å². The van der Waals surface area contributed by atoms with Gasteiger partial charge in [-0.1, -0.05) is 20.3 Å². The molecule has 1 aliphatic heterocycles. The fraction of sp³-hybridized carbons (Fsp3) is 0.846. The fourth-order valence-electron chi connectivity index (χ4n) is 2.29. The summed E-state index contributed by atoms with van der Waals surface area (Å²) in [5, 5.41) is 2.70. The second-order valence-corrected chi connectivity index (χ2v) is 8.13. The Labute approximate surface area is 120 Å². The van der Waals surface area contributed by atoms with Crippen LogP contribution in [0.4, 0.5) is 0 Å². The third-order valence-corrected chi connectivity index (χ3v) is 5.24. The van der Waals surface area contributed by atoms with E-state index in [1.54, 1.807) is 20.8 Å². The molecule has 2 amide bonds. The molecule has 0 aliphatic carbocycles. The smallest absolute Gasteiger partial charge is 0.248 e. The summed E-state index contributed by atoms with van der Waals surface area (Å²) >= 11 is 0. The van der Waals surface area contributed by atoms with Crippen LogP contribution in [0.2, 0.25) is 0 Å². The Morgan fingerprint density at radius 1 is 1.25 bits per heavy atom. The summed E-state index contributed by atoms with van der Waals surface area (Å²) in [6, 6.07) is -0.562. The van der Waals surface area contributed by atoms with Gasteiger partial charge in [0, 0.05) is 12.3 Å². The third kappa shape index (κ3) is 3.71. The molecule has 0 radical (unpaired) electrons. The summed E-state index contributed by atoms with van der Waals surface area (Å²) in [5.74, 6) is -0.478. The van der Waals surface area contributed by atoms with Crippen LogP contribution in [0.3, 0.4) is 0 Å². The van der Waals surface area contributed by atoms with Crippen LogP contribution in [0.5, 0.6) is 0 Å².